The summed E-state index contributed by atoms with van der Waals surface area (Å²) < 4.78 is 6.78. The fourth-order valence-electron chi connectivity index (χ4n) is 4.29. The quantitative estimate of drug-likeness (QED) is 0.232. The van der Waals surface area contributed by atoms with Crippen LogP contribution in [0.15, 0.2) is 48.8 Å². The average Bonchev–Trinajstić information content (AvgIpc) is 3.11. The molecule has 4 nitrogen and oxygen atoms in total. The summed E-state index contributed by atoms with van der Waals surface area (Å²) in [5.41, 5.74) is 3.12. The first-order valence-corrected chi connectivity index (χ1v) is 18.6. The zero-order valence-electron chi connectivity index (χ0n) is 20.9. The molecule has 0 atom stereocenters. The number of carboxylic acid groups (broad SMARTS) is 1. The molecule has 0 amide bonds. The molecule has 5 heteroatoms. The number of carboxylic acids is 1. The van der Waals surface area contributed by atoms with Gasteiger partial charge in [0.2, 0.25) is 0 Å². The van der Waals surface area contributed by atoms with Gasteiger partial charge in [-0.2, -0.15) is 0 Å². The summed E-state index contributed by atoms with van der Waals surface area (Å²) in [5, 5.41) is 10.5. The van der Waals surface area contributed by atoms with Crippen molar-refractivity contribution in [3.8, 4) is 0 Å². The first kappa shape index (κ1) is 27.4. The Balaban J connectivity index is 0.000000260. The molecule has 1 N–H and O–H groups in total. The SMILES string of the molecule is CCC[CH2][Sn]([CH2]CCC)[CH2]CCC.Cn1c(C(=O)O)c(Cc2cccnc2)c2ccccc21. The molecule has 1 radical (unpaired) electrons. The number of aryl methyl sites for hydroxylation is 1. The third-order valence-corrected chi connectivity index (χ3v) is 15.3. The van der Waals surface area contributed by atoms with Gasteiger partial charge in [0.1, 0.15) is 5.69 Å². The second-order valence-electron chi connectivity index (χ2n) is 8.81. The van der Waals surface area contributed by atoms with Crippen LogP contribution in [-0.2, 0) is 13.5 Å². The molecule has 179 valence electrons. The molecule has 0 aliphatic carbocycles. The van der Waals surface area contributed by atoms with Crippen LogP contribution >= 0.6 is 0 Å². The monoisotopic (exact) mass is 557 g/mol. The molecule has 1 aromatic carbocycles. The van der Waals surface area contributed by atoms with Gasteiger partial charge in [-0.3, -0.25) is 4.98 Å². The fourth-order valence-corrected chi connectivity index (χ4v) is 13.7. The van der Waals surface area contributed by atoms with Crippen molar-refractivity contribution < 1.29 is 9.90 Å². The predicted molar refractivity (Wildman–Crippen MR) is 142 cm³/mol. The molecule has 0 aliphatic heterocycles. The van der Waals surface area contributed by atoms with Gasteiger partial charge < -0.3 is 9.67 Å². The fraction of sp³-hybridized carbons (Fsp3) is 0.500. The van der Waals surface area contributed by atoms with Crippen LogP contribution in [-0.4, -0.2) is 40.4 Å². The summed E-state index contributed by atoms with van der Waals surface area (Å²) in [6.07, 6.45) is 12.9. The van der Waals surface area contributed by atoms with E-state index in [2.05, 4.69) is 25.8 Å². The average molecular weight is 556 g/mol. The number of aromatic nitrogens is 2. The van der Waals surface area contributed by atoms with E-state index >= 15 is 0 Å². The normalized spacial score (nSPS) is 10.9. The van der Waals surface area contributed by atoms with Crippen LogP contribution in [0, 0.1) is 0 Å². The van der Waals surface area contributed by atoms with E-state index in [-0.39, 0.29) is 0 Å². The van der Waals surface area contributed by atoms with E-state index in [1.165, 1.54) is 38.5 Å². The number of para-hydroxylation sites is 1. The molecule has 0 fully saturated rings. The minimum absolute atomic E-state index is 0.343. The van der Waals surface area contributed by atoms with Gasteiger partial charge in [0.05, 0.1) is 0 Å². The molecule has 0 bridgehead atoms. The maximum atomic E-state index is 11.6. The smallest absolute Gasteiger partial charge is 0.352 e. The van der Waals surface area contributed by atoms with Crippen LogP contribution in [0.3, 0.4) is 0 Å². The number of fused-ring (bicyclic) bond motifs is 1. The number of benzene rings is 1. The summed E-state index contributed by atoms with van der Waals surface area (Å²) in [4.78, 5) is 15.7. The Hall–Kier alpha value is -1.82. The minimum atomic E-state index is -0.900. The Kier molecular flexibility index (Phi) is 12.6. The zero-order chi connectivity index (χ0) is 24.1. The molecule has 0 unspecified atom stereocenters. The molecule has 2 heterocycles. The van der Waals surface area contributed by atoms with E-state index in [0.717, 1.165) is 22.0 Å². The van der Waals surface area contributed by atoms with Crippen LogP contribution < -0.4 is 0 Å². The summed E-state index contributed by atoms with van der Waals surface area (Å²) in [5.74, 6) is -0.900. The van der Waals surface area contributed by atoms with Crippen molar-refractivity contribution in [3.63, 3.8) is 0 Å². The molecular weight excluding hydrogens is 515 g/mol. The number of hydrogen-bond acceptors (Lipinski definition) is 2. The molecule has 33 heavy (non-hydrogen) atoms. The van der Waals surface area contributed by atoms with Gasteiger partial charge in [0.15, 0.2) is 0 Å². The van der Waals surface area contributed by atoms with Gasteiger partial charge in [-0.05, 0) is 23.3 Å². The number of aromatic carboxylic acids is 1. The molecule has 3 rings (SSSR count). The Morgan fingerprint density at radius 3 is 2.06 bits per heavy atom. The first-order valence-electron chi connectivity index (χ1n) is 12.5. The minimum Gasteiger partial charge on any atom is -0.477 e. The van der Waals surface area contributed by atoms with Crippen LogP contribution in [0.5, 0.6) is 0 Å². The topological polar surface area (TPSA) is 55.1 Å². The maximum Gasteiger partial charge on any atom is 0.352 e. The molecule has 2 aromatic heterocycles. The third kappa shape index (κ3) is 8.47. The molecule has 3 aromatic rings. The van der Waals surface area contributed by atoms with Gasteiger partial charge in [-0.25, -0.2) is 4.79 Å². The largest absolute Gasteiger partial charge is 0.477 e. The molecule has 0 aliphatic rings. The van der Waals surface area contributed by atoms with Crippen molar-refractivity contribution >= 4 is 36.6 Å². The predicted octanol–water partition coefficient (Wildman–Crippen LogP) is 7.74. The summed E-state index contributed by atoms with van der Waals surface area (Å²) in [6, 6.07) is 11.6. The number of pyridine rings is 1. The van der Waals surface area contributed by atoms with Crippen molar-refractivity contribution in [2.45, 2.75) is 79.0 Å². The molecule has 0 saturated heterocycles. The van der Waals surface area contributed by atoms with E-state index in [1.807, 2.05) is 36.4 Å². The van der Waals surface area contributed by atoms with Gasteiger partial charge in [-0.15, -0.1) is 0 Å². The second kappa shape index (κ2) is 15.2. The van der Waals surface area contributed by atoms with Gasteiger partial charge >= 0.3 is 98.3 Å². The molecule has 0 saturated carbocycles. The molecular formula is C28H41N2O2Sn. The van der Waals surface area contributed by atoms with Crippen molar-refractivity contribution in [3.05, 3.63) is 65.6 Å². The van der Waals surface area contributed by atoms with Crippen LogP contribution in [0.2, 0.25) is 13.3 Å². The summed E-state index contributed by atoms with van der Waals surface area (Å²) in [7, 11) is 1.79. The van der Waals surface area contributed by atoms with E-state index in [0.29, 0.717) is 12.1 Å². The van der Waals surface area contributed by atoms with E-state index in [1.54, 1.807) is 37.3 Å². The summed E-state index contributed by atoms with van der Waals surface area (Å²) in [6.45, 7) is 7.00. The van der Waals surface area contributed by atoms with Crippen molar-refractivity contribution in [2.24, 2.45) is 7.05 Å². The van der Waals surface area contributed by atoms with E-state index in [4.69, 9.17) is 0 Å². The Morgan fingerprint density at radius 1 is 0.939 bits per heavy atom. The second-order valence-corrected chi connectivity index (χ2v) is 17.4. The number of hydrogen-bond donors (Lipinski definition) is 1. The van der Waals surface area contributed by atoms with Crippen LogP contribution in [0.25, 0.3) is 10.9 Å². The van der Waals surface area contributed by atoms with Gasteiger partial charge in [0.25, 0.3) is 0 Å². The zero-order valence-corrected chi connectivity index (χ0v) is 23.8. The number of carbonyl (C=O) groups is 1. The Morgan fingerprint density at radius 2 is 1.55 bits per heavy atom. The molecule has 0 spiro atoms. The van der Waals surface area contributed by atoms with Gasteiger partial charge in [0, 0.05) is 36.8 Å². The standard InChI is InChI=1S/C16H14N2O2.3C4H9.Sn/c1-18-14-7-3-2-6-12(14)13(15(18)16(19)20)9-11-5-4-8-17-10-11;3*1-3-4-2;/h2-8,10H,9H2,1H3,(H,19,20);3*1,3-4H2,2H3;. The number of nitrogens with zero attached hydrogens (tertiary/aromatic N) is 2. The van der Waals surface area contributed by atoms with Gasteiger partial charge in [-0.1, -0.05) is 24.3 Å². The first-order chi connectivity index (χ1) is 16.0. The number of unbranched alkanes of at least 4 members (excludes halogenated alkanes) is 3. The van der Waals surface area contributed by atoms with Crippen molar-refractivity contribution in [1.29, 1.82) is 0 Å². The van der Waals surface area contributed by atoms with Crippen LogP contribution in [0.4, 0.5) is 0 Å². The van der Waals surface area contributed by atoms with Crippen molar-refractivity contribution in [1.82, 2.24) is 9.55 Å². The Labute approximate surface area is 207 Å². The van der Waals surface area contributed by atoms with Crippen LogP contribution in [0.1, 0.15) is 80.9 Å². The van der Waals surface area contributed by atoms with Crippen molar-refractivity contribution in [2.75, 3.05) is 0 Å². The van der Waals surface area contributed by atoms with E-state index in [9.17, 15) is 9.90 Å². The maximum absolute atomic E-state index is 11.6. The summed E-state index contributed by atoms with van der Waals surface area (Å²) >= 11 is -0.839. The Bertz CT molecular complexity index is 950. The third-order valence-electron chi connectivity index (χ3n) is 6.17. The number of rotatable bonds is 12. The van der Waals surface area contributed by atoms with E-state index < -0.39 is 25.7 Å².